The molecule has 120 valence electrons. The van der Waals surface area contributed by atoms with Crippen LogP contribution in [-0.2, 0) is 9.59 Å². The summed E-state index contributed by atoms with van der Waals surface area (Å²) in [5.74, 6) is -1.77. The van der Waals surface area contributed by atoms with E-state index in [0.717, 1.165) is 20.0 Å². The summed E-state index contributed by atoms with van der Waals surface area (Å²) in [5, 5.41) is 8.87. The van der Waals surface area contributed by atoms with Crippen LogP contribution in [-0.4, -0.2) is 54.8 Å². The average molecular weight is 309 g/mol. The SMILES string of the molecule is CC(=O)NC(=O)C(N)(CN)/C(=C/C=N)N(C)CC(F)(F)F. The van der Waals surface area contributed by atoms with Gasteiger partial charge < -0.3 is 21.8 Å². The molecule has 2 amide bonds. The lowest BCUT2D eigenvalue weighted by Gasteiger charge is -2.35. The Morgan fingerprint density at radius 2 is 1.90 bits per heavy atom. The molecule has 6 N–H and O–H groups in total. The van der Waals surface area contributed by atoms with Gasteiger partial charge >= 0.3 is 6.18 Å². The Hall–Kier alpha value is -1.94. The molecular weight excluding hydrogens is 291 g/mol. The maximum absolute atomic E-state index is 12.5. The summed E-state index contributed by atoms with van der Waals surface area (Å²) < 4.78 is 37.4. The van der Waals surface area contributed by atoms with Crippen molar-refractivity contribution in [2.24, 2.45) is 11.5 Å². The van der Waals surface area contributed by atoms with Crippen LogP contribution in [0.4, 0.5) is 13.2 Å². The van der Waals surface area contributed by atoms with Gasteiger partial charge in [-0.1, -0.05) is 0 Å². The van der Waals surface area contributed by atoms with Gasteiger partial charge in [-0.25, -0.2) is 0 Å². The number of rotatable bonds is 6. The summed E-state index contributed by atoms with van der Waals surface area (Å²) in [6.07, 6.45) is -2.93. The quantitative estimate of drug-likeness (QED) is 0.484. The van der Waals surface area contributed by atoms with Crippen LogP contribution in [0.15, 0.2) is 11.8 Å². The van der Waals surface area contributed by atoms with Crippen LogP contribution in [0.5, 0.6) is 0 Å². The highest BCUT2D eigenvalue weighted by Gasteiger charge is 2.41. The Balaban J connectivity index is 5.59. The van der Waals surface area contributed by atoms with Crippen molar-refractivity contribution in [3.05, 3.63) is 11.8 Å². The third-order valence-corrected chi connectivity index (χ3v) is 2.54. The number of allylic oxidation sites excluding steroid dienone is 1. The second kappa shape index (κ2) is 7.18. The van der Waals surface area contributed by atoms with Crippen LogP contribution >= 0.6 is 0 Å². The second-order valence-electron chi connectivity index (χ2n) is 4.38. The highest BCUT2D eigenvalue weighted by atomic mass is 19.4. The van der Waals surface area contributed by atoms with Gasteiger partial charge in [-0.05, 0) is 6.08 Å². The van der Waals surface area contributed by atoms with Gasteiger partial charge in [0.1, 0.15) is 12.1 Å². The Morgan fingerprint density at radius 1 is 1.38 bits per heavy atom. The van der Waals surface area contributed by atoms with Gasteiger partial charge in [0, 0.05) is 32.4 Å². The number of hydrogen-bond donors (Lipinski definition) is 4. The first kappa shape index (κ1) is 19.1. The van der Waals surface area contributed by atoms with Crippen molar-refractivity contribution in [2.45, 2.75) is 18.6 Å². The van der Waals surface area contributed by atoms with Gasteiger partial charge in [-0.2, -0.15) is 13.2 Å². The molecule has 0 spiro atoms. The zero-order valence-electron chi connectivity index (χ0n) is 11.6. The topological polar surface area (TPSA) is 125 Å². The summed E-state index contributed by atoms with van der Waals surface area (Å²) in [6.45, 7) is -0.888. The molecule has 0 saturated heterocycles. The van der Waals surface area contributed by atoms with Gasteiger partial charge in [-0.3, -0.25) is 14.9 Å². The fourth-order valence-electron chi connectivity index (χ4n) is 1.63. The highest BCUT2D eigenvalue weighted by molar-refractivity contribution is 6.01. The van der Waals surface area contributed by atoms with Gasteiger partial charge in [0.15, 0.2) is 0 Å². The summed E-state index contributed by atoms with van der Waals surface area (Å²) in [5.41, 5.74) is 8.78. The van der Waals surface area contributed by atoms with E-state index in [1.807, 2.05) is 5.32 Å². The van der Waals surface area contributed by atoms with Gasteiger partial charge in [-0.15, -0.1) is 0 Å². The van der Waals surface area contributed by atoms with Crippen LogP contribution in [0.3, 0.4) is 0 Å². The van der Waals surface area contributed by atoms with E-state index in [1.165, 1.54) is 0 Å². The predicted molar refractivity (Wildman–Crippen MR) is 70.3 cm³/mol. The molecule has 7 nitrogen and oxygen atoms in total. The molecule has 0 radical (unpaired) electrons. The Kier molecular flexibility index (Phi) is 6.52. The maximum Gasteiger partial charge on any atom is 0.405 e. The number of nitrogens with one attached hydrogen (secondary N) is 2. The lowest BCUT2D eigenvalue weighted by Crippen LogP contribution is -2.63. The van der Waals surface area contributed by atoms with Crippen molar-refractivity contribution in [3.63, 3.8) is 0 Å². The van der Waals surface area contributed by atoms with Gasteiger partial charge in [0.05, 0.1) is 0 Å². The minimum atomic E-state index is -4.54. The van der Waals surface area contributed by atoms with Crippen molar-refractivity contribution < 1.29 is 22.8 Å². The van der Waals surface area contributed by atoms with E-state index in [-0.39, 0.29) is 5.70 Å². The van der Waals surface area contributed by atoms with Crippen molar-refractivity contribution in [3.8, 4) is 0 Å². The van der Waals surface area contributed by atoms with E-state index in [4.69, 9.17) is 16.9 Å². The zero-order valence-corrected chi connectivity index (χ0v) is 11.6. The van der Waals surface area contributed by atoms with Crippen molar-refractivity contribution in [1.29, 1.82) is 5.41 Å². The highest BCUT2D eigenvalue weighted by Crippen LogP contribution is 2.22. The van der Waals surface area contributed by atoms with Gasteiger partial charge in [0.25, 0.3) is 5.91 Å². The van der Waals surface area contributed by atoms with E-state index in [2.05, 4.69) is 0 Å². The van der Waals surface area contributed by atoms with Crippen LogP contribution < -0.4 is 16.8 Å². The fourth-order valence-corrected chi connectivity index (χ4v) is 1.63. The molecule has 0 aromatic carbocycles. The third kappa shape index (κ3) is 5.52. The number of alkyl halides is 3. The first-order chi connectivity index (χ1) is 9.47. The normalized spacial score (nSPS) is 15.1. The second-order valence-corrected chi connectivity index (χ2v) is 4.38. The molecule has 0 heterocycles. The molecule has 21 heavy (non-hydrogen) atoms. The molecule has 1 unspecified atom stereocenters. The van der Waals surface area contributed by atoms with Gasteiger partial charge in [0.2, 0.25) is 5.91 Å². The standard InChI is InChI=1S/C11H18F3N5O2/c1-7(20)18-9(21)10(17,5-16)8(3-4-15)19(2)6-11(12,13)14/h3-4,15H,5-6,16-17H2,1-2H3,(H,18,20,21)/b8-3-,15-4?. The van der Waals surface area contributed by atoms with Crippen molar-refractivity contribution >= 4 is 18.0 Å². The smallest absolute Gasteiger partial charge is 0.367 e. The third-order valence-electron chi connectivity index (χ3n) is 2.54. The summed E-state index contributed by atoms with van der Waals surface area (Å²) in [4.78, 5) is 23.5. The minimum Gasteiger partial charge on any atom is -0.367 e. The van der Waals surface area contributed by atoms with Crippen molar-refractivity contribution in [1.82, 2.24) is 10.2 Å². The lowest BCUT2D eigenvalue weighted by atomic mass is 9.93. The van der Waals surface area contributed by atoms with Crippen LogP contribution in [0.25, 0.3) is 0 Å². The molecule has 1 atom stereocenters. The number of likely N-dealkylation sites (N-methyl/N-ethyl adjacent to an activating group) is 1. The minimum absolute atomic E-state index is 0.323. The summed E-state index contributed by atoms with van der Waals surface area (Å²) >= 11 is 0. The number of nitrogens with two attached hydrogens (primary N) is 2. The Morgan fingerprint density at radius 3 is 2.24 bits per heavy atom. The Labute approximate surface area is 119 Å². The average Bonchev–Trinajstić information content (AvgIpc) is 2.31. The maximum atomic E-state index is 12.5. The molecule has 0 aromatic rings. The lowest BCUT2D eigenvalue weighted by molar-refractivity contribution is -0.143. The molecule has 0 aliphatic rings. The number of imide groups is 1. The molecule has 0 aliphatic carbocycles. The van der Waals surface area contributed by atoms with E-state index >= 15 is 0 Å². The first-order valence-electron chi connectivity index (χ1n) is 5.78. The monoisotopic (exact) mass is 309 g/mol. The fraction of sp³-hybridized carbons (Fsp3) is 0.545. The van der Waals surface area contributed by atoms with E-state index < -0.39 is 36.6 Å². The molecular formula is C11H18F3N5O2. The number of hydrogen-bond acceptors (Lipinski definition) is 6. The molecule has 10 heteroatoms. The number of amides is 2. The summed E-state index contributed by atoms with van der Waals surface area (Å²) in [6, 6.07) is 0. The molecule has 0 saturated carbocycles. The number of halogens is 3. The first-order valence-corrected chi connectivity index (χ1v) is 5.78. The number of nitrogens with zero attached hydrogens (tertiary/aromatic N) is 1. The van der Waals surface area contributed by atoms with E-state index in [0.29, 0.717) is 11.1 Å². The van der Waals surface area contributed by atoms with E-state index in [9.17, 15) is 22.8 Å². The molecule has 0 fully saturated rings. The zero-order chi connectivity index (χ0) is 16.8. The Bertz CT molecular complexity index is 450. The number of carbonyl (C=O) groups is 2. The van der Waals surface area contributed by atoms with E-state index in [1.54, 1.807) is 0 Å². The summed E-state index contributed by atoms with van der Waals surface area (Å²) in [7, 11) is 1.06. The van der Waals surface area contributed by atoms with Crippen LogP contribution in [0.2, 0.25) is 0 Å². The molecule has 0 bridgehead atoms. The predicted octanol–water partition coefficient (Wildman–Crippen LogP) is -0.667. The van der Waals surface area contributed by atoms with Crippen LogP contribution in [0.1, 0.15) is 6.92 Å². The molecule has 0 aliphatic heterocycles. The largest absolute Gasteiger partial charge is 0.405 e. The molecule has 0 rings (SSSR count). The molecule has 0 aromatic heterocycles. The number of carbonyl (C=O) groups excluding carboxylic acids is 2. The van der Waals surface area contributed by atoms with Crippen molar-refractivity contribution in [2.75, 3.05) is 20.1 Å². The van der Waals surface area contributed by atoms with Crippen LogP contribution in [0, 0.1) is 5.41 Å².